The summed E-state index contributed by atoms with van der Waals surface area (Å²) in [6, 6.07) is 12.7. The number of amides is 2. The Balaban J connectivity index is 1.60. The second-order valence-electron chi connectivity index (χ2n) is 7.36. The molecule has 1 aromatic heterocycles. The number of nitrogens with one attached hydrogen (secondary N) is 1. The lowest BCUT2D eigenvalue weighted by atomic mass is 10.0. The number of rotatable bonds is 5. The molecular weight excluding hydrogens is 396 g/mol. The van der Waals surface area contributed by atoms with E-state index >= 15 is 0 Å². The number of hydrogen-bond acceptors (Lipinski definition) is 5. The van der Waals surface area contributed by atoms with Crippen molar-refractivity contribution in [2.75, 3.05) is 31.5 Å². The van der Waals surface area contributed by atoms with Crippen molar-refractivity contribution in [2.45, 2.75) is 12.8 Å². The highest BCUT2D eigenvalue weighted by Gasteiger charge is 2.22. The molecular formula is C23H24N4O4. The summed E-state index contributed by atoms with van der Waals surface area (Å²) in [6.45, 7) is 0. The summed E-state index contributed by atoms with van der Waals surface area (Å²) in [5.41, 5.74) is 4.33. The van der Waals surface area contributed by atoms with E-state index in [1.165, 1.54) is 4.68 Å². The van der Waals surface area contributed by atoms with Crippen LogP contribution in [0.3, 0.4) is 0 Å². The molecule has 8 nitrogen and oxygen atoms in total. The number of carbonyl (C=O) groups excluding carboxylic acids is 2. The van der Waals surface area contributed by atoms with Crippen LogP contribution in [0.5, 0.6) is 11.5 Å². The largest absolute Gasteiger partial charge is 0.497 e. The molecule has 8 heteroatoms. The number of benzene rings is 2. The van der Waals surface area contributed by atoms with Gasteiger partial charge in [0.1, 0.15) is 17.2 Å². The van der Waals surface area contributed by atoms with Crippen LogP contribution in [0.15, 0.2) is 42.5 Å². The van der Waals surface area contributed by atoms with Crippen molar-refractivity contribution in [3.05, 3.63) is 53.7 Å². The quantitative estimate of drug-likeness (QED) is 0.685. The fourth-order valence-corrected chi connectivity index (χ4v) is 3.76. The molecule has 0 atom stereocenters. The summed E-state index contributed by atoms with van der Waals surface area (Å²) in [6.07, 6.45) is 1.13. The van der Waals surface area contributed by atoms with Crippen LogP contribution in [0.1, 0.15) is 22.5 Å². The number of methoxy groups -OCH3 is 2. The number of hydrogen-bond donors (Lipinski definition) is 1. The number of aryl methyl sites for hydroxylation is 2. The third kappa shape index (κ3) is 3.84. The molecule has 0 radical (unpaired) electrons. The number of ether oxygens (including phenoxy) is 2. The van der Waals surface area contributed by atoms with Gasteiger partial charge in [-0.1, -0.05) is 0 Å². The van der Waals surface area contributed by atoms with Crippen molar-refractivity contribution in [2.24, 2.45) is 7.05 Å². The van der Waals surface area contributed by atoms with Gasteiger partial charge in [0.05, 0.1) is 19.9 Å². The highest BCUT2D eigenvalue weighted by molar-refractivity contribution is 6.04. The number of nitrogens with zero attached hydrogens (tertiary/aromatic N) is 3. The fraction of sp³-hybridized carbons (Fsp3) is 0.261. The normalized spacial score (nSPS) is 13.0. The third-order valence-electron chi connectivity index (χ3n) is 5.48. The minimum absolute atomic E-state index is 0.0969. The zero-order valence-corrected chi connectivity index (χ0v) is 17.9. The van der Waals surface area contributed by atoms with Gasteiger partial charge in [-0.25, -0.2) is 0 Å². The van der Waals surface area contributed by atoms with Crippen LogP contribution in [-0.4, -0.2) is 42.9 Å². The van der Waals surface area contributed by atoms with Crippen molar-refractivity contribution in [3.63, 3.8) is 0 Å². The maximum Gasteiger partial charge on any atom is 0.273 e. The first-order chi connectivity index (χ1) is 14.9. The smallest absolute Gasteiger partial charge is 0.273 e. The number of anilines is 2. The molecule has 4 rings (SSSR count). The highest BCUT2D eigenvalue weighted by Crippen LogP contribution is 2.33. The lowest BCUT2D eigenvalue weighted by Crippen LogP contribution is -2.31. The van der Waals surface area contributed by atoms with Gasteiger partial charge >= 0.3 is 0 Å². The van der Waals surface area contributed by atoms with E-state index in [0.29, 0.717) is 41.4 Å². The number of aromatic nitrogens is 2. The van der Waals surface area contributed by atoms with Gasteiger partial charge < -0.3 is 19.7 Å². The van der Waals surface area contributed by atoms with Gasteiger partial charge in [-0.2, -0.15) is 5.10 Å². The molecule has 2 heterocycles. The maximum absolute atomic E-state index is 12.9. The molecule has 0 saturated heterocycles. The standard InChI is InChI=1S/C23H24N4O4/c1-26-19-8-6-15(11-14(19)5-10-22(26)28)24-23(29)20-13-18(25-27(20)2)17-12-16(30-3)7-9-21(17)31-4/h6-9,11-13H,5,10H2,1-4H3,(H,24,29). The SMILES string of the molecule is COc1ccc(OC)c(-c2cc(C(=O)Nc3ccc4c(c3)CCC(=O)N4C)n(C)n2)c1. The summed E-state index contributed by atoms with van der Waals surface area (Å²) in [4.78, 5) is 26.5. The molecule has 3 aromatic rings. The van der Waals surface area contributed by atoms with Crippen LogP contribution in [-0.2, 0) is 18.3 Å². The average Bonchev–Trinajstić information content (AvgIpc) is 3.17. The second kappa shape index (κ2) is 8.14. The van der Waals surface area contributed by atoms with E-state index in [0.717, 1.165) is 16.8 Å². The van der Waals surface area contributed by atoms with Crippen molar-refractivity contribution in [1.82, 2.24) is 9.78 Å². The van der Waals surface area contributed by atoms with E-state index in [2.05, 4.69) is 10.4 Å². The van der Waals surface area contributed by atoms with Gasteiger partial charge in [0, 0.05) is 37.5 Å². The van der Waals surface area contributed by atoms with Crippen LogP contribution in [0.2, 0.25) is 0 Å². The Morgan fingerprint density at radius 3 is 2.58 bits per heavy atom. The number of carbonyl (C=O) groups is 2. The first-order valence-electron chi connectivity index (χ1n) is 9.88. The molecule has 0 aliphatic carbocycles. The first kappa shape index (κ1) is 20.5. The lowest BCUT2D eigenvalue weighted by Gasteiger charge is -2.26. The Hall–Kier alpha value is -3.81. The van der Waals surface area contributed by atoms with Gasteiger partial charge in [-0.15, -0.1) is 0 Å². The topological polar surface area (TPSA) is 85.7 Å². The van der Waals surface area contributed by atoms with Crippen molar-refractivity contribution in [1.29, 1.82) is 0 Å². The van der Waals surface area contributed by atoms with Crippen molar-refractivity contribution < 1.29 is 19.1 Å². The maximum atomic E-state index is 12.9. The fourth-order valence-electron chi connectivity index (χ4n) is 3.76. The first-order valence-corrected chi connectivity index (χ1v) is 9.88. The van der Waals surface area contributed by atoms with Crippen LogP contribution < -0.4 is 19.7 Å². The van der Waals surface area contributed by atoms with E-state index in [4.69, 9.17) is 9.47 Å². The zero-order chi connectivity index (χ0) is 22.1. The Labute approximate surface area is 180 Å². The van der Waals surface area contributed by atoms with Crippen LogP contribution >= 0.6 is 0 Å². The number of fused-ring (bicyclic) bond motifs is 1. The molecule has 0 unspecified atom stereocenters. The molecule has 1 aliphatic heterocycles. The summed E-state index contributed by atoms with van der Waals surface area (Å²) >= 11 is 0. The molecule has 0 bridgehead atoms. The molecule has 160 valence electrons. The average molecular weight is 420 g/mol. The van der Waals surface area contributed by atoms with E-state index < -0.39 is 0 Å². The second-order valence-corrected chi connectivity index (χ2v) is 7.36. The van der Waals surface area contributed by atoms with Gasteiger partial charge in [-0.05, 0) is 54.4 Å². The summed E-state index contributed by atoms with van der Waals surface area (Å²) < 4.78 is 12.3. The Morgan fingerprint density at radius 2 is 1.84 bits per heavy atom. The molecule has 31 heavy (non-hydrogen) atoms. The Bertz CT molecular complexity index is 1170. The predicted octanol–water partition coefficient (Wildman–Crippen LogP) is 3.27. The lowest BCUT2D eigenvalue weighted by molar-refractivity contribution is -0.118. The molecule has 1 N–H and O–H groups in total. The van der Waals surface area contributed by atoms with E-state index in [1.54, 1.807) is 57.5 Å². The molecule has 0 fully saturated rings. The highest BCUT2D eigenvalue weighted by atomic mass is 16.5. The van der Waals surface area contributed by atoms with Crippen LogP contribution in [0.25, 0.3) is 11.3 Å². The minimum atomic E-state index is -0.275. The Kier molecular flexibility index (Phi) is 5.37. The van der Waals surface area contributed by atoms with Gasteiger partial charge in [-0.3, -0.25) is 14.3 Å². The van der Waals surface area contributed by atoms with Gasteiger partial charge in [0.2, 0.25) is 5.91 Å². The monoisotopic (exact) mass is 420 g/mol. The van der Waals surface area contributed by atoms with Crippen LogP contribution in [0, 0.1) is 0 Å². The molecule has 2 amide bonds. The molecule has 1 aliphatic rings. The summed E-state index contributed by atoms with van der Waals surface area (Å²) in [5, 5.41) is 7.42. The van der Waals surface area contributed by atoms with Gasteiger partial charge in [0.15, 0.2) is 0 Å². The molecule has 0 spiro atoms. The minimum Gasteiger partial charge on any atom is -0.497 e. The molecule has 0 saturated carbocycles. The summed E-state index contributed by atoms with van der Waals surface area (Å²) in [5.74, 6) is 1.13. The van der Waals surface area contributed by atoms with Crippen LogP contribution in [0.4, 0.5) is 11.4 Å². The predicted molar refractivity (Wildman–Crippen MR) is 118 cm³/mol. The van der Waals surface area contributed by atoms with E-state index in [1.807, 2.05) is 18.2 Å². The summed E-state index contributed by atoms with van der Waals surface area (Å²) in [7, 11) is 6.67. The molecule has 2 aromatic carbocycles. The van der Waals surface area contributed by atoms with Gasteiger partial charge in [0.25, 0.3) is 5.91 Å². The third-order valence-corrected chi connectivity index (χ3v) is 5.48. The van der Waals surface area contributed by atoms with Crippen molar-refractivity contribution in [3.8, 4) is 22.8 Å². The van der Waals surface area contributed by atoms with Crippen molar-refractivity contribution >= 4 is 23.2 Å². The Morgan fingerprint density at radius 1 is 1.03 bits per heavy atom. The van der Waals surface area contributed by atoms with E-state index in [9.17, 15) is 9.59 Å². The van der Waals surface area contributed by atoms with E-state index in [-0.39, 0.29) is 11.8 Å². The zero-order valence-electron chi connectivity index (χ0n) is 17.9.